The van der Waals surface area contributed by atoms with Crippen molar-refractivity contribution < 1.29 is 18.9 Å². The standard InChI is InChI=1S/C29H29N5O4/c1-3-18(2)27(35)31-23-17-33(28(36)19-12-14-20(30)15-13-19)24-9-5-6-10-25(24)34(29(23)37)16-22-21-8-4-7-11-26(21)38-32-22/h4-15,18,23H,3,16-17,30H2,1-2H3,(H,31,35)/t18-,23+/m1/s1. The van der Waals surface area contributed by atoms with Gasteiger partial charge in [0.2, 0.25) is 5.91 Å². The predicted octanol–water partition coefficient (Wildman–Crippen LogP) is 4.13. The predicted molar refractivity (Wildman–Crippen MR) is 146 cm³/mol. The number of carbonyl (C=O) groups excluding carboxylic acids is 3. The maximum atomic E-state index is 14.1. The molecule has 38 heavy (non-hydrogen) atoms. The summed E-state index contributed by atoms with van der Waals surface area (Å²) in [4.78, 5) is 43.9. The molecule has 9 heteroatoms. The van der Waals surface area contributed by atoms with Gasteiger partial charge in [0.1, 0.15) is 11.7 Å². The van der Waals surface area contributed by atoms with Crippen molar-refractivity contribution in [1.29, 1.82) is 0 Å². The van der Waals surface area contributed by atoms with Crippen molar-refractivity contribution in [3.63, 3.8) is 0 Å². The molecule has 194 valence electrons. The van der Waals surface area contributed by atoms with Crippen molar-refractivity contribution in [3.8, 4) is 0 Å². The molecule has 2 atom stereocenters. The van der Waals surface area contributed by atoms with E-state index in [-0.39, 0.29) is 36.7 Å². The molecule has 4 aromatic rings. The number of hydrogen-bond donors (Lipinski definition) is 2. The molecule has 0 radical (unpaired) electrons. The summed E-state index contributed by atoms with van der Waals surface area (Å²) in [5.74, 6) is -1.18. The zero-order valence-electron chi connectivity index (χ0n) is 21.3. The van der Waals surface area contributed by atoms with Gasteiger partial charge in [0.05, 0.1) is 24.5 Å². The molecular formula is C29H29N5O4. The molecule has 0 bridgehead atoms. The quantitative estimate of drug-likeness (QED) is 0.375. The van der Waals surface area contributed by atoms with Gasteiger partial charge >= 0.3 is 0 Å². The van der Waals surface area contributed by atoms with Gasteiger partial charge in [0, 0.05) is 22.6 Å². The minimum Gasteiger partial charge on any atom is -0.399 e. The number of anilines is 3. The summed E-state index contributed by atoms with van der Waals surface area (Å²) in [5, 5.41) is 7.90. The molecule has 5 rings (SSSR count). The van der Waals surface area contributed by atoms with E-state index in [2.05, 4.69) is 10.5 Å². The Labute approximate surface area is 220 Å². The number of benzene rings is 3. The van der Waals surface area contributed by atoms with Crippen LogP contribution in [0.25, 0.3) is 11.0 Å². The van der Waals surface area contributed by atoms with Crippen LogP contribution in [0, 0.1) is 5.92 Å². The maximum Gasteiger partial charge on any atom is 0.258 e. The van der Waals surface area contributed by atoms with E-state index in [1.165, 1.54) is 0 Å². The molecule has 2 heterocycles. The lowest BCUT2D eigenvalue weighted by atomic mass is 10.1. The third kappa shape index (κ3) is 4.70. The van der Waals surface area contributed by atoms with Crippen molar-refractivity contribution in [2.24, 2.45) is 5.92 Å². The number of aromatic nitrogens is 1. The van der Waals surface area contributed by atoms with Gasteiger partial charge in [-0.3, -0.25) is 14.4 Å². The molecule has 0 spiro atoms. The van der Waals surface area contributed by atoms with Gasteiger partial charge in [-0.1, -0.05) is 43.3 Å². The van der Waals surface area contributed by atoms with Crippen LogP contribution in [0.2, 0.25) is 0 Å². The third-order valence-corrected chi connectivity index (χ3v) is 6.93. The average molecular weight is 512 g/mol. The van der Waals surface area contributed by atoms with Crippen LogP contribution in [0.3, 0.4) is 0 Å². The summed E-state index contributed by atoms with van der Waals surface area (Å²) >= 11 is 0. The second kappa shape index (κ2) is 10.4. The number of fused-ring (bicyclic) bond motifs is 2. The van der Waals surface area contributed by atoms with Crippen LogP contribution in [0.1, 0.15) is 36.3 Å². The number of rotatable bonds is 6. The van der Waals surface area contributed by atoms with E-state index in [9.17, 15) is 14.4 Å². The van der Waals surface area contributed by atoms with Crippen molar-refractivity contribution >= 4 is 45.8 Å². The van der Waals surface area contributed by atoms with Gasteiger partial charge < -0.3 is 25.4 Å². The van der Waals surface area contributed by atoms with Gasteiger partial charge in [0.25, 0.3) is 11.8 Å². The molecule has 0 unspecified atom stereocenters. The van der Waals surface area contributed by atoms with E-state index >= 15 is 0 Å². The Morgan fingerprint density at radius 3 is 2.47 bits per heavy atom. The molecule has 0 saturated carbocycles. The summed E-state index contributed by atoms with van der Waals surface area (Å²) in [6.07, 6.45) is 0.621. The van der Waals surface area contributed by atoms with Crippen LogP contribution >= 0.6 is 0 Å². The summed E-state index contributed by atoms with van der Waals surface area (Å²) in [6.45, 7) is 3.79. The highest BCUT2D eigenvalue weighted by Crippen LogP contribution is 2.35. The molecular weight excluding hydrogens is 482 g/mol. The van der Waals surface area contributed by atoms with Crippen LogP contribution in [-0.2, 0) is 16.1 Å². The average Bonchev–Trinajstić information content (AvgIpc) is 3.31. The number of nitrogens with one attached hydrogen (secondary N) is 1. The van der Waals surface area contributed by atoms with Crippen molar-refractivity contribution in [2.45, 2.75) is 32.9 Å². The van der Waals surface area contributed by atoms with E-state index in [0.717, 1.165) is 5.39 Å². The topological polar surface area (TPSA) is 122 Å². The van der Waals surface area contributed by atoms with Gasteiger partial charge in [-0.2, -0.15) is 0 Å². The van der Waals surface area contributed by atoms with Crippen LogP contribution in [-0.4, -0.2) is 35.5 Å². The fourth-order valence-electron chi connectivity index (χ4n) is 4.53. The fraction of sp³-hybridized carbons (Fsp3) is 0.241. The van der Waals surface area contributed by atoms with Crippen LogP contribution in [0.5, 0.6) is 0 Å². The van der Waals surface area contributed by atoms with Crippen LogP contribution in [0.15, 0.2) is 77.3 Å². The van der Waals surface area contributed by atoms with E-state index in [4.69, 9.17) is 10.3 Å². The van der Waals surface area contributed by atoms with E-state index in [0.29, 0.717) is 40.3 Å². The minimum atomic E-state index is -0.972. The number of nitrogens with zero attached hydrogens (tertiary/aromatic N) is 3. The third-order valence-electron chi connectivity index (χ3n) is 6.93. The monoisotopic (exact) mass is 511 g/mol. The first-order valence-electron chi connectivity index (χ1n) is 12.6. The Kier molecular flexibility index (Phi) is 6.83. The zero-order chi connectivity index (χ0) is 26.8. The molecule has 0 saturated heterocycles. The van der Waals surface area contributed by atoms with Crippen LogP contribution in [0.4, 0.5) is 17.1 Å². The molecule has 1 aliphatic heterocycles. The molecule has 9 nitrogen and oxygen atoms in total. The van der Waals surface area contributed by atoms with E-state index < -0.39 is 6.04 Å². The Morgan fingerprint density at radius 2 is 1.74 bits per heavy atom. The van der Waals surface area contributed by atoms with Crippen molar-refractivity contribution in [1.82, 2.24) is 10.5 Å². The first-order valence-corrected chi connectivity index (χ1v) is 12.6. The summed E-state index contributed by atoms with van der Waals surface area (Å²) < 4.78 is 5.48. The fourth-order valence-corrected chi connectivity index (χ4v) is 4.53. The summed E-state index contributed by atoms with van der Waals surface area (Å²) in [6, 6.07) is 20.3. The zero-order valence-corrected chi connectivity index (χ0v) is 21.3. The van der Waals surface area contributed by atoms with Gasteiger partial charge in [-0.15, -0.1) is 0 Å². The van der Waals surface area contributed by atoms with E-state index in [1.807, 2.05) is 50.2 Å². The first-order chi connectivity index (χ1) is 18.4. The lowest BCUT2D eigenvalue weighted by Gasteiger charge is -2.26. The Balaban J connectivity index is 1.60. The molecule has 3 amide bonds. The summed E-state index contributed by atoms with van der Waals surface area (Å²) in [5.41, 5.74) is 9.06. The number of para-hydroxylation sites is 3. The number of carbonyl (C=O) groups is 3. The highest BCUT2D eigenvalue weighted by Gasteiger charge is 2.38. The SMILES string of the molecule is CC[C@@H](C)C(=O)N[C@H]1CN(C(=O)c2ccc(N)cc2)c2ccccc2N(Cc2noc3ccccc23)C1=O. The maximum absolute atomic E-state index is 14.1. The summed E-state index contributed by atoms with van der Waals surface area (Å²) in [7, 11) is 0. The molecule has 0 fully saturated rings. The highest BCUT2D eigenvalue weighted by atomic mass is 16.5. The second-order valence-electron chi connectivity index (χ2n) is 9.45. The smallest absolute Gasteiger partial charge is 0.258 e. The highest BCUT2D eigenvalue weighted by molar-refractivity contribution is 6.12. The number of nitrogens with two attached hydrogens (primary N) is 1. The Bertz CT molecular complexity index is 1500. The van der Waals surface area contributed by atoms with Crippen molar-refractivity contribution in [2.75, 3.05) is 22.1 Å². The van der Waals surface area contributed by atoms with Crippen molar-refractivity contribution in [3.05, 3.63) is 84.1 Å². The van der Waals surface area contributed by atoms with Gasteiger partial charge in [-0.05, 0) is 55.0 Å². The number of nitrogen functional groups attached to an aromatic ring is 1. The number of hydrogen-bond acceptors (Lipinski definition) is 6. The lowest BCUT2D eigenvalue weighted by Crippen LogP contribution is -2.53. The minimum absolute atomic E-state index is 0.0305. The Hall–Kier alpha value is -4.66. The number of amides is 3. The molecule has 0 aliphatic carbocycles. The second-order valence-corrected chi connectivity index (χ2v) is 9.45. The Morgan fingerprint density at radius 1 is 1.05 bits per heavy atom. The van der Waals surface area contributed by atoms with Gasteiger partial charge in [-0.25, -0.2) is 0 Å². The molecule has 1 aliphatic rings. The largest absolute Gasteiger partial charge is 0.399 e. The normalized spacial score (nSPS) is 16.2. The molecule has 3 N–H and O–H groups in total. The first kappa shape index (κ1) is 25.0. The molecule has 1 aromatic heterocycles. The lowest BCUT2D eigenvalue weighted by molar-refractivity contribution is -0.129. The van der Waals surface area contributed by atoms with Gasteiger partial charge in [0.15, 0.2) is 5.58 Å². The van der Waals surface area contributed by atoms with Crippen LogP contribution < -0.4 is 20.9 Å². The molecule has 3 aromatic carbocycles. The van der Waals surface area contributed by atoms with E-state index in [1.54, 1.807) is 46.2 Å².